The number of carboxylic acids is 1. The molecule has 2 aromatic rings. The number of hydrogen-bond donors (Lipinski definition) is 2. The minimum absolute atomic E-state index is 0.318. The van der Waals surface area contributed by atoms with Crippen molar-refractivity contribution in [1.82, 2.24) is 9.78 Å². The first-order valence-electron chi connectivity index (χ1n) is 6.12. The number of benzene rings is 1. The Bertz CT molecular complexity index is 631. The zero-order chi connectivity index (χ0) is 14.7. The smallest absolute Gasteiger partial charge is 0.328 e. The Morgan fingerprint density at radius 3 is 2.55 bits per heavy atom. The van der Waals surface area contributed by atoms with Crippen LogP contribution in [0, 0.1) is 6.92 Å². The minimum Gasteiger partial charge on any atom is -0.480 e. The lowest BCUT2D eigenvalue weighted by Crippen LogP contribution is -2.16. The van der Waals surface area contributed by atoms with Crippen LogP contribution in [-0.4, -0.2) is 26.8 Å². The minimum atomic E-state index is -1.00. The lowest BCUT2D eigenvalue weighted by Gasteiger charge is -2.05. The number of aryl methyl sites for hydroxylation is 1. The number of hydrogen-bond acceptors (Lipinski definition) is 3. The second-order valence-electron chi connectivity index (χ2n) is 4.54. The zero-order valence-electron chi connectivity index (χ0n) is 11.2. The van der Waals surface area contributed by atoms with Gasteiger partial charge in [-0.05, 0) is 26.0 Å². The van der Waals surface area contributed by atoms with Gasteiger partial charge in [0.1, 0.15) is 6.04 Å². The molecule has 1 heterocycles. The van der Waals surface area contributed by atoms with Crippen molar-refractivity contribution in [3.05, 3.63) is 47.8 Å². The van der Waals surface area contributed by atoms with Crippen LogP contribution < -0.4 is 5.32 Å². The second kappa shape index (κ2) is 5.56. The van der Waals surface area contributed by atoms with Gasteiger partial charge in [0, 0.05) is 11.9 Å². The molecule has 2 N–H and O–H groups in total. The number of aliphatic carboxylic acids is 1. The van der Waals surface area contributed by atoms with Gasteiger partial charge in [-0.25, -0.2) is 4.79 Å². The molecule has 0 aliphatic carbocycles. The molecule has 20 heavy (non-hydrogen) atoms. The highest BCUT2D eigenvalue weighted by Gasteiger charge is 2.16. The summed E-state index contributed by atoms with van der Waals surface area (Å²) < 4.78 is 1.24. The summed E-state index contributed by atoms with van der Waals surface area (Å²) in [6, 6.07) is 6.59. The molecule has 0 saturated carbocycles. The molecule has 6 nitrogen and oxygen atoms in total. The fraction of sp³-hybridized carbons (Fsp3) is 0.214. The number of anilines is 1. The van der Waals surface area contributed by atoms with Gasteiger partial charge in [-0.1, -0.05) is 17.7 Å². The Kier molecular flexibility index (Phi) is 3.84. The number of carboxylic acid groups (broad SMARTS) is 1. The maximum Gasteiger partial charge on any atom is 0.328 e. The molecular weight excluding hydrogens is 258 g/mol. The van der Waals surface area contributed by atoms with Crippen molar-refractivity contribution in [2.45, 2.75) is 19.9 Å². The van der Waals surface area contributed by atoms with Crippen LogP contribution in [0.25, 0.3) is 0 Å². The number of carbonyl (C=O) groups excluding carboxylic acids is 1. The van der Waals surface area contributed by atoms with Crippen LogP contribution in [0.2, 0.25) is 0 Å². The van der Waals surface area contributed by atoms with E-state index < -0.39 is 12.0 Å². The van der Waals surface area contributed by atoms with Gasteiger partial charge in [-0.2, -0.15) is 5.10 Å². The average molecular weight is 273 g/mol. The third kappa shape index (κ3) is 3.03. The van der Waals surface area contributed by atoms with Crippen LogP contribution in [0.1, 0.15) is 28.9 Å². The van der Waals surface area contributed by atoms with E-state index in [2.05, 4.69) is 10.4 Å². The summed E-state index contributed by atoms with van der Waals surface area (Å²) in [5.41, 5.74) is 2.10. The highest BCUT2D eigenvalue weighted by molar-refractivity contribution is 6.03. The van der Waals surface area contributed by atoms with E-state index in [0.717, 1.165) is 5.56 Å². The van der Waals surface area contributed by atoms with E-state index in [4.69, 9.17) is 5.11 Å². The third-order valence-corrected chi connectivity index (χ3v) is 2.93. The summed E-state index contributed by atoms with van der Waals surface area (Å²) in [7, 11) is 0. The molecule has 1 aromatic heterocycles. The topological polar surface area (TPSA) is 84.2 Å². The first-order valence-corrected chi connectivity index (χ1v) is 6.12. The molecular formula is C14H15N3O3. The zero-order valence-corrected chi connectivity index (χ0v) is 11.2. The first-order chi connectivity index (χ1) is 9.47. The average Bonchev–Trinajstić information content (AvgIpc) is 2.90. The monoisotopic (exact) mass is 273 g/mol. The van der Waals surface area contributed by atoms with E-state index in [-0.39, 0.29) is 5.91 Å². The largest absolute Gasteiger partial charge is 0.480 e. The normalized spacial score (nSPS) is 11.9. The van der Waals surface area contributed by atoms with Crippen LogP contribution >= 0.6 is 0 Å². The number of amides is 1. The molecule has 0 spiro atoms. The summed E-state index contributed by atoms with van der Waals surface area (Å²) >= 11 is 0. The van der Waals surface area contributed by atoms with Gasteiger partial charge >= 0.3 is 5.97 Å². The van der Waals surface area contributed by atoms with E-state index in [1.165, 1.54) is 24.0 Å². The summed E-state index contributed by atoms with van der Waals surface area (Å²) in [5.74, 6) is -1.32. The summed E-state index contributed by atoms with van der Waals surface area (Å²) in [5, 5.41) is 15.5. The lowest BCUT2D eigenvalue weighted by atomic mass is 10.2. The fourth-order valence-corrected chi connectivity index (χ4v) is 1.62. The van der Waals surface area contributed by atoms with E-state index in [0.29, 0.717) is 11.3 Å². The Morgan fingerprint density at radius 2 is 1.95 bits per heavy atom. The lowest BCUT2D eigenvalue weighted by molar-refractivity contribution is -0.140. The molecule has 0 bridgehead atoms. The Balaban J connectivity index is 2.10. The number of carbonyl (C=O) groups is 2. The Hall–Kier alpha value is -2.63. The van der Waals surface area contributed by atoms with Crippen molar-refractivity contribution >= 4 is 17.6 Å². The van der Waals surface area contributed by atoms with Gasteiger partial charge in [0.2, 0.25) is 0 Å². The maximum absolute atomic E-state index is 12.0. The molecule has 2 rings (SSSR count). The number of nitrogens with zero attached hydrogens (tertiary/aromatic N) is 2. The van der Waals surface area contributed by atoms with Gasteiger partial charge in [0.15, 0.2) is 0 Å². The van der Waals surface area contributed by atoms with Crippen molar-refractivity contribution in [1.29, 1.82) is 0 Å². The SMILES string of the molecule is Cc1ccc(NC(=O)c2cnn(C(C)C(=O)O)c2)cc1. The molecule has 6 heteroatoms. The van der Waals surface area contributed by atoms with Crippen molar-refractivity contribution in [3.8, 4) is 0 Å². The number of rotatable bonds is 4. The third-order valence-electron chi connectivity index (χ3n) is 2.93. The van der Waals surface area contributed by atoms with Gasteiger partial charge in [-0.3, -0.25) is 9.48 Å². The number of nitrogens with one attached hydrogen (secondary N) is 1. The predicted octanol–water partition coefficient (Wildman–Crippen LogP) is 2.09. The Morgan fingerprint density at radius 1 is 1.30 bits per heavy atom. The molecule has 1 atom stereocenters. The summed E-state index contributed by atoms with van der Waals surface area (Å²) in [6.45, 7) is 3.46. The van der Waals surface area contributed by atoms with Crippen LogP contribution in [0.15, 0.2) is 36.7 Å². The molecule has 0 fully saturated rings. The van der Waals surface area contributed by atoms with E-state index in [9.17, 15) is 9.59 Å². The predicted molar refractivity (Wildman–Crippen MR) is 73.7 cm³/mol. The van der Waals surface area contributed by atoms with Crippen molar-refractivity contribution < 1.29 is 14.7 Å². The van der Waals surface area contributed by atoms with Crippen LogP contribution in [0.5, 0.6) is 0 Å². The van der Waals surface area contributed by atoms with E-state index in [1.807, 2.05) is 19.1 Å². The van der Waals surface area contributed by atoms with E-state index in [1.54, 1.807) is 12.1 Å². The molecule has 0 radical (unpaired) electrons. The molecule has 0 aliphatic rings. The highest BCUT2D eigenvalue weighted by Crippen LogP contribution is 2.12. The molecule has 1 aromatic carbocycles. The molecule has 1 amide bonds. The van der Waals surface area contributed by atoms with E-state index >= 15 is 0 Å². The Labute approximate surface area is 116 Å². The quantitative estimate of drug-likeness (QED) is 0.893. The summed E-state index contributed by atoms with van der Waals surface area (Å²) in [6.07, 6.45) is 2.77. The standard InChI is InChI=1S/C14H15N3O3/c1-9-3-5-12(6-4-9)16-13(18)11-7-15-17(8-11)10(2)14(19)20/h3-8,10H,1-2H3,(H,16,18)(H,19,20). The van der Waals surface area contributed by atoms with Crippen molar-refractivity contribution in [2.24, 2.45) is 0 Å². The molecule has 1 unspecified atom stereocenters. The van der Waals surface area contributed by atoms with Crippen molar-refractivity contribution in [2.75, 3.05) is 5.32 Å². The molecule has 0 aliphatic heterocycles. The van der Waals surface area contributed by atoms with Gasteiger partial charge < -0.3 is 10.4 Å². The van der Waals surface area contributed by atoms with Gasteiger partial charge in [-0.15, -0.1) is 0 Å². The highest BCUT2D eigenvalue weighted by atomic mass is 16.4. The summed E-state index contributed by atoms with van der Waals surface area (Å²) in [4.78, 5) is 22.8. The van der Waals surface area contributed by atoms with Gasteiger partial charge in [0.25, 0.3) is 5.91 Å². The molecule has 0 saturated heterocycles. The van der Waals surface area contributed by atoms with Gasteiger partial charge in [0.05, 0.1) is 11.8 Å². The van der Waals surface area contributed by atoms with Crippen LogP contribution in [0.3, 0.4) is 0 Å². The second-order valence-corrected chi connectivity index (χ2v) is 4.54. The van der Waals surface area contributed by atoms with Crippen LogP contribution in [-0.2, 0) is 4.79 Å². The van der Waals surface area contributed by atoms with Crippen molar-refractivity contribution in [3.63, 3.8) is 0 Å². The van der Waals surface area contributed by atoms with Crippen LogP contribution in [0.4, 0.5) is 5.69 Å². The number of aromatic nitrogens is 2. The maximum atomic E-state index is 12.0. The first kappa shape index (κ1) is 13.8. The fourth-order valence-electron chi connectivity index (χ4n) is 1.62. The molecule has 104 valence electrons.